The minimum Gasteiger partial charge on any atom is -0.438 e. The molecule has 0 aliphatic carbocycles. The van der Waals surface area contributed by atoms with Gasteiger partial charge in [0.05, 0.1) is 0 Å². The molecule has 0 aliphatic rings. The lowest BCUT2D eigenvalue weighted by Gasteiger charge is -2.03. The first-order valence-electron chi connectivity index (χ1n) is 4.90. The van der Waals surface area contributed by atoms with Crippen molar-refractivity contribution >= 4 is 11.3 Å². The summed E-state index contributed by atoms with van der Waals surface area (Å²) >= 11 is 0. The lowest BCUT2D eigenvalue weighted by atomic mass is 10.3. The van der Waals surface area contributed by atoms with Gasteiger partial charge in [0.25, 0.3) is 0 Å². The third-order valence-electron chi connectivity index (χ3n) is 2.15. The maximum atomic E-state index is 5.58. The van der Waals surface area contributed by atoms with E-state index in [1.807, 2.05) is 0 Å². The molecule has 3 rings (SSSR count). The van der Waals surface area contributed by atoms with Crippen molar-refractivity contribution in [2.75, 3.05) is 5.73 Å². The second kappa shape index (κ2) is 3.71. The molecule has 0 bridgehead atoms. The number of tetrazole rings is 1. The zero-order valence-electron chi connectivity index (χ0n) is 8.69. The van der Waals surface area contributed by atoms with Crippen LogP contribution < -0.4 is 10.5 Å². The van der Waals surface area contributed by atoms with E-state index < -0.39 is 0 Å². The van der Waals surface area contributed by atoms with Gasteiger partial charge in [0, 0.05) is 11.8 Å². The molecular formula is C10H8N6O. The molecule has 0 unspecified atom stereocenters. The quantitative estimate of drug-likeness (QED) is 0.655. The summed E-state index contributed by atoms with van der Waals surface area (Å²) in [5.74, 6) is 1.06. The van der Waals surface area contributed by atoms with E-state index in [1.165, 1.54) is 4.63 Å². The van der Waals surface area contributed by atoms with Gasteiger partial charge >= 0.3 is 0 Å². The monoisotopic (exact) mass is 228 g/mol. The first-order valence-corrected chi connectivity index (χ1v) is 4.90. The molecule has 0 amide bonds. The minimum absolute atomic E-state index is 0.412. The zero-order valence-corrected chi connectivity index (χ0v) is 8.69. The van der Waals surface area contributed by atoms with Gasteiger partial charge in [0.15, 0.2) is 5.65 Å². The van der Waals surface area contributed by atoms with E-state index in [4.69, 9.17) is 10.5 Å². The summed E-state index contributed by atoms with van der Waals surface area (Å²) in [6.07, 6.45) is 0. The molecule has 0 atom stereocenters. The number of aromatic nitrogens is 5. The highest BCUT2D eigenvalue weighted by molar-refractivity contribution is 5.43. The predicted molar refractivity (Wildman–Crippen MR) is 59.5 cm³/mol. The molecule has 17 heavy (non-hydrogen) atoms. The molecule has 2 N–H and O–H groups in total. The van der Waals surface area contributed by atoms with Gasteiger partial charge < -0.3 is 10.5 Å². The number of anilines is 1. The summed E-state index contributed by atoms with van der Waals surface area (Å²) in [5, 5.41) is 15.0. The van der Waals surface area contributed by atoms with E-state index in [1.54, 1.807) is 36.4 Å². The average molecular weight is 228 g/mol. The molecule has 7 heteroatoms. The fourth-order valence-corrected chi connectivity index (χ4v) is 1.34. The van der Waals surface area contributed by atoms with Gasteiger partial charge in [-0.2, -0.15) is 0 Å². The number of fused-ring (bicyclic) bond motifs is 1. The lowest BCUT2D eigenvalue weighted by Crippen LogP contribution is -1.97. The number of benzene rings is 1. The van der Waals surface area contributed by atoms with Crippen molar-refractivity contribution in [3.8, 4) is 11.6 Å². The summed E-state index contributed by atoms with van der Waals surface area (Å²) < 4.78 is 6.83. The van der Waals surface area contributed by atoms with Crippen molar-refractivity contribution in [1.82, 2.24) is 25.3 Å². The number of rotatable bonds is 2. The van der Waals surface area contributed by atoms with Crippen LogP contribution in [0.5, 0.6) is 11.6 Å². The van der Waals surface area contributed by atoms with Gasteiger partial charge in [-0.15, -0.1) is 14.8 Å². The number of nitrogens with two attached hydrogens (primary N) is 1. The zero-order chi connectivity index (χ0) is 11.7. The van der Waals surface area contributed by atoms with Crippen LogP contribution in [0.3, 0.4) is 0 Å². The number of hydrogen-bond acceptors (Lipinski definition) is 6. The summed E-state index contributed by atoms with van der Waals surface area (Å²) in [5.41, 5.74) is 6.82. The Bertz CT molecular complexity index is 647. The molecule has 2 heterocycles. The largest absolute Gasteiger partial charge is 0.438 e. The van der Waals surface area contributed by atoms with E-state index in [2.05, 4.69) is 20.6 Å². The van der Waals surface area contributed by atoms with E-state index in [9.17, 15) is 0 Å². The van der Waals surface area contributed by atoms with E-state index in [0.717, 1.165) is 0 Å². The Morgan fingerprint density at radius 2 is 1.88 bits per heavy atom. The van der Waals surface area contributed by atoms with Gasteiger partial charge in [-0.3, -0.25) is 0 Å². The molecule has 0 spiro atoms. The maximum absolute atomic E-state index is 5.58. The van der Waals surface area contributed by atoms with Crippen LogP contribution in [0.2, 0.25) is 0 Å². The Hall–Kier alpha value is -2.70. The molecule has 0 aliphatic heterocycles. The van der Waals surface area contributed by atoms with Crippen LogP contribution in [0.4, 0.5) is 5.69 Å². The summed E-state index contributed by atoms with van der Waals surface area (Å²) in [6, 6.07) is 10.5. The van der Waals surface area contributed by atoms with Crippen LogP contribution >= 0.6 is 0 Å². The highest BCUT2D eigenvalue weighted by Crippen LogP contribution is 2.19. The molecule has 0 saturated heterocycles. The summed E-state index contributed by atoms with van der Waals surface area (Å²) in [7, 11) is 0. The highest BCUT2D eigenvalue weighted by atomic mass is 16.5. The Labute approximate surface area is 95.8 Å². The molecule has 0 saturated carbocycles. The lowest BCUT2D eigenvalue weighted by molar-refractivity contribution is 0.447. The topological polar surface area (TPSA) is 91.2 Å². The van der Waals surface area contributed by atoms with Crippen molar-refractivity contribution in [2.45, 2.75) is 0 Å². The number of ether oxygens (including phenoxy) is 1. The third kappa shape index (κ3) is 1.85. The second-order valence-corrected chi connectivity index (χ2v) is 3.37. The fraction of sp³-hybridized carbons (Fsp3) is 0. The molecule has 84 valence electrons. The number of hydrogen-bond donors (Lipinski definition) is 1. The van der Waals surface area contributed by atoms with Crippen molar-refractivity contribution < 1.29 is 4.74 Å². The van der Waals surface area contributed by atoms with Gasteiger partial charge in [-0.1, -0.05) is 0 Å². The van der Waals surface area contributed by atoms with Crippen LogP contribution in [0, 0.1) is 0 Å². The van der Waals surface area contributed by atoms with Gasteiger partial charge in [-0.05, 0) is 40.8 Å². The minimum atomic E-state index is 0.412. The van der Waals surface area contributed by atoms with Crippen molar-refractivity contribution in [3.05, 3.63) is 36.4 Å². The number of nitrogens with zero attached hydrogens (tertiary/aromatic N) is 5. The third-order valence-corrected chi connectivity index (χ3v) is 2.15. The maximum Gasteiger partial charge on any atom is 0.239 e. The van der Waals surface area contributed by atoms with Crippen molar-refractivity contribution in [2.24, 2.45) is 0 Å². The smallest absolute Gasteiger partial charge is 0.239 e. The van der Waals surface area contributed by atoms with Crippen molar-refractivity contribution in [3.63, 3.8) is 0 Å². The number of nitrogen functional groups attached to an aromatic ring is 1. The molecule has 7 nitrogen and oxygen atoms in total. The Morgan fingerprint density at radius 1 is 1.06 bits per heavy atom. The predicted octanol–water partition coefficient (Wildman–Crippen LogP) is 0.894. The molecule has 0 radical (unpaired) electrons. The Morgan fingerprint density at radius 3 is 2.71 bits per heavy atom. The molecule has 1 aromatic carbocycles. The van der Waals surface area contributed by atoms with Crippen LogP contribution in [0.1, 0.15) is 0 Å². The van der Waals surface area contributed by atoms with Crippen molar-refractivity contribution in [1.29, 1.82) is 0 Å². The molecule has 0 fully saturated rings. The summed E-state index contributed by atoms with van der Waals surface area (Å²) in [4.78, 5) is 0. The van der Waals surface area contributed by atoms with Gasteiger partial charge in [-0.25, -0.2) is 0 Å². The van der Waals surface area contributed by atoms with Crippen LogP contribution in [-0.4, -0.2) is 25.3 Å². The van der Waals surface area contributed by atoms with E-state index in [-0.39, 0.29) is 0 Å². The molecule has 3 aromatic rings. The van der Waals surface area contributed by atoms with Crippen LogP contribution in [-0.2, 0) is 0 Å². The van der Waals surface area contributed by atoms with Crippen LogP contribution in [0.25, 0.3) is 5.65 Å². The molecular weight excluding hydrogens is 220 g/mol. The highest BCUT2D eigenvalue weighted by Gasteiger charge is 2.02. The first kappa shape index (κ1) is 9.52. The summed E-state index contributed by atoms with van der Waals surface area (Å²) in [6.45, 7) is 0. The Kier molecular flexibility index (Phi) is 2.08. The van der Waals surface area contributed by atoms with Gasteiger partial charge in [0.1, 0.15) is 5.75 Å². The SMILES string of the molecule is Nc1ccc(Oc2ccc3nnnn3n2)cc1. The first-order chi connectivity index (χ1) is 8.31. The average Bonchev–Trinajstić information content (AvgIpc) is 2.79. The van der Waals surface area contributed by atoms with Crippen LogP contribution in [0.15, 0.2) is 36.4 Å². The Balaban J connectivity index is 1.91. The normalized spacial score (nSPS) is 10.6. The van der Waals surface area contributed by atoms with E-state index >= 15 is 0 Å². The second-order valence-electron chi connectivity index (χ2n) is 3.37. The standard InChI is InChI=1S/C10H8N6O/c11-7-1-3-8(4-2-7)17-10-6-5-9-12-14-15-16(9)13-10/h1-6H,11H2. The van der Waals surface area contributed by atoms with E-state index in [0.29, 0.717) is 23.0 Å². The molecule has 2 aromatic heterocycles. The fourth-order valence-electron chi connectivity index (χ4n) is 1.34. The van der Waals surface area contributed by atoms with Gasteiger partial charge in [0.2, 0.25) is 5.88 Å².